The van der Waals surface area contributed by atoms with Crippen molar-refractivity contribution in [3.8, 4) is 5.75 Å². The van der Waals surface area contributed by atoms with E-state index in [2.05, 4.69) is 5.32 Å². The number of amides is 2. The molecule has 5 nitrogen and oxygen atoms in total. The molecule has 3 aromatic rings. The van der Waals surface area contributed by atoms with Crippen LogP contribution in [0, 0.1) is 0 Å². The van der Waals surface area contributed by atoms with E-state index in [1.165, 1.54) is 0 Å². The lowest BCUT2D eigenvalue weighted by Crippen LogP contribution is -2.32. The number of nitrogens with zero attached hydrogens (tertiary/aromatic N) is 1. The van der Waals surface area contributed by atoms with Crippen molar-refractivity contribution in [2.24, 2.45) is 0 Å². The fourth-order valence-corrected chi connectivity index (χ4v) is 4.09. The number of anilines is 1. The summed E-state index contributed by atoms with van der Waals surface area (Å²) in [6, 6.07) is 21.6. The number of rotatable bonds is 6. The van der Waals surface area contributed by atoms with E-state index in [0.29, 0.717) is 34.2 Å². The monoisotopic (exact) mass is 462 g/mol. The zero-order valence-corrected chi connectivity index (χ0v) is 19.2. The molecule has 1 aliphatic rings. The van der Waals surface area contributed by atoms with Crippen molar-refractivity contribution in [1.82, 2.24) is 4.90 Å². The first kappa shape index (κ1) is 22.9. The highest BCUT2D eigenvalue weighted by Crippen LogP contribution is 2.22. The summed E-state index contributed by atoms with van der Waals surface area (Å²) in [5.74, 6) is 0.336. The molecular formula is C27H27ClN2O3. The first-order valence-electron chi connectivity index (χ1n) is 11.3. The van der Waals surface area contributed by atoms with Gasteiger partial charge in [-0.15, -0.1) is 0 Å². The first-order valence-corrected chi connectivity index (χ1v) is 11.7. The molecule has 6 heteroatoms. The van der Waals surface area contributed by atoms with Crippen LogP contribution in [0.5, 0.6) is 5.75 Å². The van der Waals surface area contributed by atoms with E-state index >= 15 is 0 Å². The fourth-order valence-electron chi connectivity index (χ4n) is 3.90. The highest BCUT2D eigenvalue weighted by molar-refractivity contribution is 6.31. The maximum atomic E-state index is 13.1. The third kappa shape index (κ3) is 5.93. The van der Waals surface area contributed by atoms with E-state index < -0.39 is 0 Å². The van der Waals surface area contributed by atoms with Crippen molar-refractivity contribution in [3.05, 3.63) is 94.5 Å². The van der Waals surface area contributed by atoms with Gasteiger partial charge in [0, 0.05) is 29.2 Å². The second-order valence-corrected chi connectivity index (χ2v) is 8.52. The third-order valence-corrected chi connectivity index (χ3v) is 6.14. The van der Waals surface area contributed by atoms with Gasteiger partial charge in [0.25, 0.3) is 11.8 Å². The molecule has 1 aliphatic heterocycles. The molecule has 0 unspecified atom stereocenters. The SMILES string of the molecule is O=C(Nc1ccccc1C(=O)N1CCCCCC1)c1ccc(OCc2ccccc2Cl)cc1. The molecule has 0 atom stereocenters. The Morgan fingerprint density at radius 1 is 0.848 bits per heavy atom. The fraction of sp³-hybridized carbons (Fsp3) is 0.259. The van der Waals surface area contributed by atoms with Gasteiger partial charge in [-0.05, 0) is 55.3 Å². The molecular weight excluding hydrogens is 436 g/mol. The summed E-state index contributed by atoms with van der Waals surface area (Å²) >= 11 is 6.17. The maximum absolute atomic E-state index is 13.1. The van der Waals surface area contributed by atoms with Crippen LogP contribution in [0.1, 0.15) is 52.0 Å². The predicted molar refractivity (Wildman–Crippen MR) is 131 cm³/mol. The van der Waals surface area contributed by atoms with Gasteiger partial charge >= 0.3 is 0 Å². The summed E-state index contributed by atoms with van der Waals surface area (Å²) in [7, 11) is 0. The second kappa shape index (κ2) is 11.0. The van der Waals surface area contributed by atoms with Crippen LogP contribution in [0.3, 0.4) is 0 Å². The molecule has 2 amide bonds. The Bertz CT molecular complexity index is 1110. The minimum Gasteiger partial charge on any atom is -0.489 e. The number of hydrogen-bond donors (Lipinski definition) is 1. The lowest BCUT2D eigenvalue weighted by molar-refractivity contribution is 0.0762. The minimum atomic E-state index is -0.274. The molecule has 170 valence electrons. The van der Waals surface area contributed by atoms with Gasteiger partial charge in [0.1, 0.15) is 12.4 Å². The molecule has 3 aromatic carbocycles. The lowest BCUT2D eigenvalue weighted by Gasteiger charge is -2.22. The molecule has 0 radical (unpaired) electrons. The highest BCUT2D eigenvalue weighted by Gasteiger charge is 2.21. The van der Waals surface area contributed by atoms with Crippen LogP contribution in [0.25, 0.3) is 0 Å². The van der Waals surface area contributed by atoms with E-state index in [1.54, 1.807) is 36.4 Å². The number of likely N-dealkylation sites (tertiary alicyclic amines) is 1. The van der Waals surface area contributed by atoms with Crippen molar-refractivity contribution >= 4 is 29.1 Å². The van der Waals surface area contributed by atoms with Crippen LogP contribution in [-0.4, -0.2) is 29.8 Å². The van der Waals surface area contributed by atoms with Gasteiger partial charge < -0.3 is 15.0 Å². The summed E-state index contributed by atoms with van der Waals surface area (Å²) in [5.41, 5.74) is 2.42. The van der Waals surface area contributed by atoms with E-state index in [4.69, 9.17) is 16.3 Å². The molecule has 0 aliphatic carbocycles. The van der Waals surface area contributed by atoms with Crippen LogP contribution in [0.2, 0.25) is 5.02 Å². The van der Waals surface area contributed by atoms with Gasteiger partial charge in [-0.3, -0.25) is 9.59 Å². The normalized spacial score (nSPS) is 13.8. The van der Waals surface area contributed by atoms with Crippen LogP contribution in [-0.2, 0) is 6.61 Å². The molecule has 0 aromatic heterocycles. The zero-order chi connectivity index (χ0) is 23.0. The predicted octanol–water partition coefficient (Wildman–Crippen LogP) is 6.19. The third-order valence-electron chi connectivity index (χ3n) is 5.77. The quantitative estimate of drug-likeness (QED) is 0.475. The number of hydrogen-bond acceptors (Lipinski definition) is 3. The van der Waals surface area contributed by atoms with Crippen molar-refractivity contribution in [3.63, 3.8) is 0 Å². The smallest absolute Gasteiger partial charge is 0.255 e. The highest BCUT2D eigenvalue weighted by atomic mass is 35.5. The molecule has 0 saturated carbocycles. The minimum absolute atomic E-state index is 0.0314. The van der Waals surface area contributed by atoms with Gasteiger partial charge in [-0.2, -0.15) is 0 Å². The van der Waals surface area contributed by atoms with Crippen LogP contribution < -0.4 is 10.1 Å². The number of ether oxygens (including phenoxy) is 1. The van der Waals surface area contributed by atoms with Crippen molar-refractivity contribution < 1.29 is 14.3 Å². The van der Waals surface area contributed by atoms with Crippen LogP contribution >= 0.6 is 11.6 Å². The average Bonchev–Trinajstić information content (AvgIpc) is 3.13. The van der Waals surface area contributed by atoms with E-state index in [-0.39, 0.29) is 11.8 Å². The largest absolute Gasteiger partial charge is 0.489 e. The van der Waals surface area contributed by atoms with Crippen LogP contribution in [0.15, 0.2) is 72.8 Å². The maximum Gasteiger partial charge on any atom is 0.255 e. The molecule has 0 spiro atoms. The van der Waals surface area contributed by atoms with Crippen molar-refractivity contribution in [2.75, 3.05) is 18.4 Å². The van der Waals surface area contributed by atoms with E-state index in [1.807, 2.05) is 41.3 Å². The number of halogens is 1. The first-order chi connectivity index (χ1) is 16.1. The zero-order valence-electron chi connectivity index (χ0n) is 18.4. The van der Waals surface area contributed by atoms with E-state index in [9.17, 15) is 9.59 Å². The Hall–Kier alpha value is -3.31. The average molecular weight is 463 g/mol. The lowest BCUT2D eigenvalue weighted by atomic mass is 10.1. The number of nitrogens with one attached hydrogen (secondary N) is 1. The Labute approximate surface area is 199 Å². The number of para-hydroxylation sites is 1. The van der Waals surface area contributed by atoms with Gasteiger partial charge in [-0.1, -0.05) is 54.8 Å². The molecule has 1 saturated heterocycles. The summed E-state index contributed by atoms with van der Waals surface area (Å²) in [6.07, 6.45) is 4.34. The van der Waals surface area contributed by atoms with E-state index in [0.717, 1.165) is 44.3 Å². The number of carbonyl (C=O) groups excluding carboxylic acids is 2. The molecule has 1 N–H and O–H groups in total. The standard InChI is InChI=1S/C27H27ClN2O3/c28-24-11-5-3-9-21(24)19-33-22-15-13-20(14-16-22)26(31)29-25-12-6-4-10-23(25)27(32)30-17-7-1-2-8-18-30/h3-6,9-16H,1-2,7-8,17-19H2,(H,29,31). The summed E-state index contributed by atoms with van der Waals surface area (Å²) in [5, 5.41) is 3.56. The van der Waals surface area contributed by atoms with Gasteiger partial charge in [-0.25, -0.2) is 0 Å². The Balaban J connectivity index is 1.41. The van der Waals surface area contributed by atoms with Crippen LogP contribution in [0.4, 0.5) is 5.69 Å². The van der Waals surface area contributed by atoms with Crippen molar-refractivity contribution in [1.29, 1.82) is 0 Å². The second-order valence-electron chi connectivity index (χ2n) is 8.11. The summed E-state index contributed by atoms with van der Waals surface area (Å²) in [6.45, 7) is 1.87. The number of carbonyl (C=O) groups is 2. The van der Waals surface area contributed by atoms with Gasteiger partial charge in [0.15, 0.2) is 0 Å². The van der Waals surface area contributed by atoms with Gasteiger partial charge in [0.05, 0.1) is 11.3 Å². The molecule has 4 rings (SSSR count). The summed E-state index contributed by atoms with van der Waals surface area (Å²) in [4.78, 5) is 27.9. The Morgan fingerprint density at radius 3 is 2.24 bits per heavy atom. The number of benzene rings is 3. The molecule has 1 heterocycles. The molecule has 0 bridgehead atoms. The van der Waals surface area contributed by atoms with Gasteiger partial charge in [0.2, 0.25) is 0 Å². The Morgan fingerprint density at radius 2 is 1.52 bits per heavy atom. The summed E-state index contributed by atoms with van der Waals surface area (Å²) < 4.78 is 5.79. The molecule has 33 heavy (non-hydrogen) atoms. The Kier molecular flexibility index (Phi) is 7.63. The van der Waals surface area contributed by atoms with Crippen molar-refractivity contribution in [2.45, 2.75) is 32.3 Å². The molecule has 1 fully saturated rings. The topological polar surface area (TPSA) is 58.6 Å².